The number of Topliss-reactive ketones (excluding diaryl/α,β-unsaturated/α-hetero) is 1. The minimum absolute atomic E-state index is 0.00731. The highest BCUT2D eigenvalue weighted by molar-refractivity contribution is 6.38. The highest BCUT2D eigenvalue weighted by atomic mass is 35.5. The fraction of sp³-hybridized carbons (Fsp3) is 0.286. The van der Waals surface area contributed by atoms with E-state index in [1.54, 1.807) is 0 Å². The average Bonchev–Trinajstić information content (AvgIpc) is 2.82. The van der Waals surface area contributed by atoms with Crippen LogP contribution in [0.5, 0.6) is 0 Å². The lowest BCUT2D eigenvalue weighted by atomic mass is 9.97. The van der Waals surface area contributed by atoms with E-state index in [1.807, 2.05) is 0 Å². The van der Waals surface area contributed by atoms with Gasteiger partial charge in [-0.15, -0.1) is 11.6 Å². The Balaban J connectivity index is 2.42. The SMILES string of the molecule is COC(=O)CC1=NN(c2ccc(F)cc2Cl)C(=O)C1C(=O)CCl. The molecule has 1 amide bonds. The van der Waals surface area contributed by atoms with E-state index < -0.39 is 35.3 Å². The van der Waals surface area contributed by atoms with Crippen molar-refractivity contribution in [1.29, 1.82) is 0 Å². The number of anilines is 1. The monoisotopic (exact) mass is 360 g/mol. The number of ether oxygens (including phenoxy) is 1. The normalized spacial score (nSPS) is 17.2. The van der Waals surface area contributed by atoms with Crippen LogP contribution in [0.15, 0.2) is 23.3 Å². The minimum atomic E-state index is -1.28. The summed E-state index contributed by atoms with van der Waals surface area (Å²) in [5.74, 6) is -4.24. The molecule has 0 bridgehead atoms. The predicted octanol–water partition coefficient (Wildman–Crippen LogP) is 2.17. The third kappa shape index (κ3) is 3.51. The molecule has 23 heavy (non-hydrogen) atoms. The number of carbonyl (C=O) groups excluding carboxylic acids is 3. The van der Waals surface area contributed by atoms with Crippen LogP contribution >= 0.6 is 23.2 Å². The first-order valence-electron chi connectivity index (χ1n) is 6.41. The third-order valence-corrected chi connectivity index (χ3v) is 3.73. The quantitative estimate of drug-likeness (QED) is 0.458. The molecule has 0 radical (unpaired) electrons. The number of benzene rings is 1. The van der Waals surface area contributed by atoms with Gasteiger partial charge in [-0.25, -0.2) is 4.39 Å². The number of methoxy groups -OCH3 is 1. The molecule has 0 aliphatic carbocycles. The van der Waals surface area contributed by atoms with Gasteiger partial charge in [-0.2, -0.15) is 10.1 Å². The van der Waals surface area contributed by atoms with Crippen LogP contribution in [0.2, 0.25) is 5.02 Å². The Hall–Kier alpha value is -1.99. The average molecular weight is 361 g/mol. The molecule has 0 N–H and O–H groups in total. The number of carbonyl (C=O) groups is 3. The van der Waals surface area contributed by atoms with E-state index in [-0.39, 0.29) is 22.8 Å². The number of amides is 1. The Kier molecular flexibility index (Phi) is 5.33. The van der Waals surface area contributed by atoms with Crippen LogP contribution in [-0.4, -0.2) is 36.4 Å². The van der Waals surface area contributed by atoms with Gasteiger partial charge in [-0.3, -0.25) is 14.4 Å². The van der Waals surface area contributed by atoms with E-state index in [2.05, 4.69) is 9.84 Å². The molecule has 0 spiro atoms. The van der Waals surface area contributed by atoms with E-state index in [9.17, 15) is 18.8 Å². The van der Waals surface area contributed by atoms with Crippen molar-refractivity contribution in [3.8, 4) is 0 Å². The van der Waals surface area contributed by atoms with E-state index in [1.165, 1.54) is 13.2 Å². The molecular formula is C14H11Cl2FN2O4. The lowest BCUT2D eigenvalue weighted by Gasteiger charge is -2.14. The molecule has 6 nitrogen and oxygen atoms in total. The number of ketones is 1. The summed E-state index contributed by atoms with van der Waals surface area (Å²) in [6.07, 6.45) is -0.342. The van der Waals surface area contributed by atoms with Gasteiger partial charge in [0, 0.05) is 0 Å². The fourth-order valence-electron chi connectivity index (χ4n) is 2.08. The molecule has 1 atom stereocenters. The van der Waals surface area contributed by atoms with Crippen molar-refractivity contribution >= 4 is 52.3 Å². The van der Waals surface area contributed by atoms with Crippen molar-refractivity contribution < 1.29 is 23.5 Å². The summed E-state index contributed by atoms with van der Waals surface area (Å²) in [6.45, 7) is 0. The molecule has 0 saturated heterocycles. The van der Waals surface area contributed by atoms with Crippen LogP contribution in [0.3, 0.4) is 0 Å². The summed E-state index contributed by atoms with van der Waals surface area (Å²) in [6, 6.07) is 3.36. The van der Waals surface area contributed by atoms with Crippen molar-refractivity contribution in [3.05, 3.63) is 29.0 Å². The highest BCUT2D eigenvalue weighted by Crippen LogP contribution is 2.32. The molecule has 1 aromatic carbocycles. The smallest absolute Gasteiger partial charge is 0.311 e. The number of hydrogen-bond donors (Lipinski definition) is 0. The molecule has 2 rings (SSSR count). The highest BCUT2D eigenvalue weighted by Gasteiger charge is 2.42. The number of esters is 1. The number of nitrogens with zero attached hydrogens (tertiary/aromatic N) is 2. The standard InChI is InChI=1S/C14H11Cl2FN2O4/c1-23-12(21)5-9-13(11(20)6-15)14(22)19(18-9)10-3-2-7(17)4-8(10)16/h2-4,13H,5-6H2,1H3. The van der Waals surface area contributed by atoms with E-state index in [0.717, 1.165) is 17.1 Å². The second kappa shape index (κ2) is 7.06. The Morgan fingerprint density at radius 1 is 1.43 bits per heavy atom. The number of halogens is 3. The minimum Gasteiger partial charge on any atom is -0.469 e. The molecule has 1 aromatic rings. The lowest BCUT2D eigenvalue weighted by Crippen LogP contribution is -2.34. The van der Waals surface area contributed by atoms with Crippen LogP contribution < -0.4 is 5.01 Å². The third-order valence-electron chi connectivity index (χ3n) is 3.16. The largest absolute Gasteiger partial charge is 0.469 e. The number of alkyl halides is 1. The topological polar surface area (TPSA) is 76.0 Å². The summed E-state index contributed by atoms with van der Waals surface area (Å²) < 4.78 is 17.6. The Bertz CT molecular complexity index is 708. The molecular weight excluding hydrogens is 350 g/mol. The van der Waals surface area contributed by atoms with Crippen LogP contribution in [0, 0.1) is 11.7 Å². The van der Waals surface area contributed by atoms with E-state index in [4.69, 9.17) is 23.2 Å². The van der Waals surface area contributed by atoms with Gasteiger partial charge in [0.25, 0.3) is 5.91 Å². The summed E-state index contributed by atoms with van der Waals surface area (Å²) in [5.41, 5.74) is 0.109. The van der Waals surface area contributed by atoms with Gasteiger partial charge in [0.2, 0.25) is 0 Å². The molecule has 0 saturated carbocycles. The van der Waals surface area contributed by atoms with Crippen molar-refractivity contribution in [2.45, 2.75) is 6.42 Å². The van der Waals surface area contributed by atoms with Gasteiger partial charge >= 0.3 is 5.97 Å². The molecule has 9 heteroatoms. The van der Waals surface area contributed by atoms with Crippen LogP contribution in [0.25, 0.3) is 0 Å². The predicted molar refractivity (Wildman–Crippen MR) is 82.2 cm³/mol. The first kappa shape index (κ1) is 17.4. The Morgan fingerprint density at radius 2 is 2.13 bits per heavy atom. The van der Waals surface area contributed by atoms with Crippen molar-refractivity contribution in [2.75, 3.05) is 18.0 Å². The van der Waals surface area contributed by atoms with Gasteiger partial charge in [0.1, 0.15) is 11.7 Å². The molecule has 0 aromatic heterocycles. The number of rotatable bonds is 5. The summed E-state index contributed by atoms with van der Waals surface area (Å²) >= 11 is 11.4. The van der Waals surface area contributed by atoms with Crippen molar-refractivity contribution in [2.24, 2.45) is 11.0 Å². The maximum Gasteiger partial charge on any atom is 0.311 e. The summed E-state index contributed by atoms with van der Waals surface area (Å²) in [7, 11) is 1.17. The van der Waals surface area contributed by atoms with E-state index >= 15 is 0 Å². The van der Waals surface area contributed by atoms with Crippen LogP contribution in [-0.2, 0) is 19.1 Å². The van der Waals surface area contributed by atoms with Crippen LogP contribution in [0.4, 0.5) is 10.1 Å². The first-order valence-corrected chi connectivity index (χ1v) is 7.32. The van der Waals surface area contributed by atoms with Crippen LogP contribution in [0.1, 0.15) is 6.42 Å². The maximum absolute atomic E-state index is 13.1. The summed E-state index contributed by atoms with van der Waals surface area (Å²) in [5, 5.41) is 4.79. The van der Waals surface area contributed by atoms with Gasteiger partial charge in [0.15, 0.2) is 5.78 Å². The maximum atomic E-state index is 13.1. The van der Waals surface area contributed by atoms with Gasteiger partial charge in [-0.1, -0.05) is 11.6 Å². The van der Waals surface area contributed by atoms with Gasteiger partial charge in [-0.05, 0) is 18.2 Å². The van der Waals surface area contributed by atoms with Gasteiger partial charge in [0.05, 0.1) is 35.8 Å². The second-order valence-corrected chi connectivity index (χ2v) is 5.30. The Labute approximate surface area is 140 Å². The molecule has 1 aliphatic heterocycles. The van der Waals surface area contributed by atoms with Gasteiger partial charge < -0.3 is 4.74 Å². The zero-order valence-corrected chi connectivity index (χ0v) is 13.4. The van der Waals surface area contributed by atoms with Crippen molar-refractivity contribution in [3.63, 3.8) is 0 Å². The summed E-state index contributed by atoms with van der Waals surface area (Å²) in [4.78, 5) is 35.8. The lowest BCUT2D eigenvalue weighted by molar-refractivity contribution is -0.139. The molecule has 1 unspecified atom stereocenters. The molecule has 0 fully saturated rings. The second-order valence-electron chi connectivity index (χ2n) is 4.62. The zero-order valence-electron chi connectivity index (χ0n) is 11.9. The molecule has 1 aliphatic rings. The molecule has 1 heterocycles. The van der Waals surface area contributed by atoms with Crippen molar-refractivity contribution in [1.82, 2.24) is 0 Å². The molecule has 122 valence electrons. The number of hydrazone groups is 1. The Morgan fingerprint density at radius 3 is 2.70 bits per heavy atom. The first-order chi connectivity index (χ1) is 10.9. The van der Waals surface area contributed by atoms with E-state index in [0.29, 0.717) is 0 Å². The fourth-order valence-corrected chi connectivity index (χ4v) is 2.49. The zero-order chi connectivity index (χ0) is 17.1. The number of hydrogen-bond acceptors (Lipinski definition) is 5.